The molecule has 0 aliphatic heterocycles. The number of aromatic nitrogens is 1. The lowest BCUT2D eigenvalue weighted by Crippen LogP contribution is -2.07. The van der Waals surface area contributed by atoms with Crippen LogP contribution < -0.4 is 5.73 Å². The molecule has 0 aliphatic rings. The number of anilines is 1. The number of Topliss-reactive ketones (excluding diaryl/α,β-unsaturated/α-hetero) is 2. The summed E-state index contributed by atoms with van der Waals surface area (Å²) in [5.74, 6) is -0.349. The molecule has 0 saturated carbocycles. The first-order valence-corrected chi connectivity index (χ1v) is 9.58. The predicted octanol–water partition coefficient (Wildman–Crippen LogP) is 4.36. The lowest BCUT2D eigenvalue weighted by molar-refractivity contribution is -0.118. The Balaban J connectivity index is 1.50. The normalized spacial score (nSPS) is 10.7. The summed E-state index contributed by atoms with van der Waals surface area (Å²) in [5, 5.41) is 0. The van der Waals surface area contributed by atoms with E-state index in [4.69, 9.17) is 5.73 Å². The molecule has 148 valence electrons. The third-order valence-electron chi connectivity index (χ3n) is 4.78. The molecule has 1 aromatic heterocycles. The highest BCUT2D eigenvalue weighted by Crippen LogP contribution is 2.17. The first-order valence-electron chi connectivity index (χ1n) is 9.58. The van der Waals surface area contributed by atoms with Crippen molar-refractivity contribution in [3.8, 4) is 0 Å². The maximum Gasteiger partial charge on any atom is 0.167 e. The number of carbonyl (C=O) groups excluding carboxylic acids is 2. The molecular formula is C24H23FN2O2. The average Bonchev–Trinajstić information content (AvgIpc) is 2.71. The van der Waals surface area contributed by atoms with Crippen LogP contribution >= 0.6 is 0 Å². The van der Waals surface area contributed by atoms with Crippen LogP contribution in [-0.2, 0) is 24.1 Å². The monoisotopic (exact) mass is 390 g/mol. The summed E-state index contributed by atoms with van der Waals surface area (Å²) in [6.07, 6.45) is 6.15. The van der Waals surface area contributed by atoms with Gasteiger partial charge in [-0.15, -0.1) is 0 Å². The molecule has 0 amide bonds. The summed E-state index contributed by atoms with van der Waals surface area (Å²) in [5.41, 5.74) is 9.20. The minimum absolute atomic E-state index is 0.0994. The predicted molar refractivity (Wildman–Crippen MR) is 111 cm³/mol. The zero-order chi connectivity index (χ0) is 20.6. The lowest BCUT2D eigenvalue weighted by atomic mass is 9.98. The van der Waals surface area contributed by atoms with Crippen molar-refractivity contribution in [3.05, 3.63) is 95.1 Å². The number of nitrogens with zero attached hydrogens (tertiary/aromatic N) is 1. The lowest BCUT2D eigenvalue weighted by Gasteiger charge is -2.07. The maximum atomic E-state index is 13.1. The highest BCUT2D eigenvalue weighted by atomic mass is 19.1. The Kier molecular flexibility index (Phi) is 6.85. The van der Waals surface area contributed by atoms with E-state index in [2.05, 4.69) is 4.98 Å². The minimum Gasteiger partial charge on any atom is -0.398 e. The third kappa shape index (κ3) is 6.07. The van der Waals surface area contributed by atoms with Crippen LogP contribution in [-0.4, -0.2) is 16.6 Å². The molecule has 29 heavy (non-hydrogen) atoms. The van der Waals surface area contributed by atoms with Crippen molar-refractivity contribution in [2.75, 3.05) is 5.73 Å². The van der Waals surface area contributed by atoms with E-state index in [9.17, 15) is 14.0 Å². The van der Waals surface area contributed by atoms with Gasteiger partial charge in [0.1, 0.15) is 11.6 Å². The fraction of sp³-hybridized carbons (Fsp3) is 0.208. The van der Waals surface area contributed by atoms with E-state index in [0.29, 0.717) is 24.0 Å². The topological polar surface area (TPSA) is 73.1 Å². The number of ketones is 2. The van der Waals surface area contributed by atoms with E-state index in [1.807, 2.05) is 18.3 Å². The molecule has 2 aromatic carbocycles. The molecule has 4 nitrogen and oxygen atoms in total. The maximum absolute atomic E-state index is 13.1. The van der Waals surface area contributed by atoms with E-state index in [0.717, 1.165) is 24.0 Å². The standard InChI is InChI=1S/C24H23FN2O2/c25-21-11-10-20(23(26)15-21)14-24(29)19-8-6-17(7-9-19)13-22(28)5-1-3-18-4-2-12-27-16-18/h2,4,6-12,15-16H,1,3,5,13-14,26H2. The molecule has 0 bridgehead atoms. The van der Waals surface area contributed by atoms with Crippen molar-refractivity contribution in [1.82, 2.24) is 4.98 Å². The minimum atomic E-state index is -0.423. The molecule has 5 heteroatoms. The van der Waals surface area contributed by atoms with Gasteiger partial charge >= 0.3 is 0 Å². The van der Waals surface area contributed by atoms with Crippen LogP contribution in [0.25, 0.3) is 0 Å². The fourth-order valence-electron chi connectivity index (χ4n) is 3.16. The molecular weight excluding hydrogens is 367 g/mol. The van der Waals surface area contributed by atoms with E-state index in [1.165, 1.54) is 18.2 Å². The summed E-state index contributed by atoms with van der Waals surface area (Å²) >= 11 is 0. The number of nitrogens with two attached hydrogens (primary N) is 1. The van der Waals surface area contributed by atoms with Crippen molar-refractivity contribution in [3.63, 3.8) is 0 Å². The summed E-state index contributed by atoms with van der Waals surface area (Å²) in [4.78, 5) is 28.7. The van der Waals surface area contributed by atoms with Crippen LogP contribution in [0.2, 0.25) is 0 Å². The number of hydrogen-bond donors (Lipinski definition) is 1. The Bertz CT molecular complexity index is 986. The molecule has 1 heterocycles. The van der Waals surface area contributed by atoms with Crippen LogP contribution in [0.5, 0.6) is 0 Å². The van der Waals surface area contributed by atoms with Gasteiger partial charge in [-0.25, -0.2) is 4.39 Å². The molecule has 3 rings (SSSR count). The Labute approximate surface area is 169 Å². The number of rotatable bonds is 9. The Hall–Kier alpha value is -3.34. The van der Waals surface area contributed by atoms with E-state index >= 15 is 0 Å². The van der Waals surface area contributed by atoms with Gasteiger partial charge in [-0.3, -0.25) is 14.6 Å². The number of aryl methyl sites for hydroxylation is 1. The second-order valence-electron chi connectivity index (χ2n) is 7.07. The number of hydrogen-bond acceptors (Lipinski definition) is 4. The number of nitrogen functional groups attached to an aromatic ring is 1. The van der Waals surface area contributed by atoms with Gasteiger partial charge in [-0.05, 0) is 47.7 Å². The molecule has 0 fully saturated rings. The molecule has 2 N–H and O–H groups in total. The molecule has 0 aliphatic carbocycles. The van der Waals surface area contributed by atoms with Gasteiger partial charge < -0.3 is 5.73 Å². The van der Waals surface area contributed by atoms with Crippen LogP contribution in [0.1, 0.15) is 39.9 Å². The largest absolute Gasteiger partial charge is 0.398 e. The van der Waals surface area contributed by atoms with Crippen molar-refractivity contribution in [2.24, 2.45) is 0 Å². The summed E-state index contributed by atoms with van der Waals surface area (Å²) in [6, 6.07) is 15.0. The van der Waals surface area contributed by atoms with Gasteiger partial charge in [-0.1, -0.05) is 36.4 Å². The highest BCUT2D eigenvalue weighted by Gasteiger charge is 2.11. The first kappa shape index (κ1) is 20.4. The Morgan fingerprint density at radius 1 is 0.966 bits per heavy atom. The number of halogens is 1. The summed E-state index contributed by atoms with van der Waals surface area (Å²) in [7, 11) is 0. The number of pyridine rings is 1. The van der Waals surface area contributed by atoms with Crippen LogP contribution in [0, 0.1) is 5.82 Å². The second-order valence-corrected chi connectivity index (χ2v) is 7.07. The smallest absolute Gasteiger partial charge is 0.167 e. The molecule has 0 radical (unpaired) electrons. The van der Waals surface area contributed by atoms with Crippen molar-refractivity contribution in [2.45, 2.75) is 32.1 Å². The van der Waals surface area contributed by atoms with Crippen LogP contribution in [0.3, 0.4) is 0 Å². The van der Waals surface area contributed by atoms with Gasteiger partial charge in [0, 0.05) is 42.9 Å². The van der Waals surface area contributed by atoms with Gasteiger partial charge in [0.25, 0.3) is 0 Å². The Morgan fingerprint density at radius 3 is 2.45 bits per heavy atom. The van der Waals surface area contributed by atoms with E-state index in [-0.39, 0.29) is 23.7 Å². The quantitative estimate of drug-likeness (QED) is 0.435. The molecule has 0 unspecified atom stereocenters. The summed E-state index contributed by atoms with van der Waals surface area (Å²) in [6.45, 7) is 0. The van der Waals surface area contributed by atoms with E-state index < -0.39 is 5.82 Å². The highest BCUT2D eigenvalue weighted by molar-refractivity contribution is 5.98. The summed E-state index contributed by atoms with van der Waals surface area (Å²) < 4.78 is 13.1. The first-order chi connectivity index (χ1) is 14.0. The average molecular weight is 390 g/mol. The molecule has 0 saturated heterocycles. The molecule has 0 spiro atoms. The zero-order valence-electron chi connectivity index (χ0n) is 16.1. The fourth-order valence-corrected chi connectivity index (χ4v) is 3.16. The van der Waals surface area contributed by atoms with Gasteiger partial charge in [0.15, 0.2) is 5.78 Å². The zero-order valence-corrected chi connectivity index (χ0v) is 16.1. The molecule has 0 atom stereocenters. The van der Waals surface area contributed by atoms with Crippen LogP contribution in [0.4, 0.5) is 10.1 Å². The van der Waals surface area contributed by atoms with Gasteiger partial charge in [0.2, 0.25) is 0 Å². The van der Waals surface area contributed by atoms with Gasteiger partial charge in [0.05, 0.1) is 0 Å². The number of carbonyl (C=O) groups is 2. The van der Waals surface area contributed by atoms with Crippen molar-refractivity contribution >= 4 is 17.3 Å². The molecule has 3 aromatic rings. The Morgan fingerprint density at radius 2 is 1.76 bits per heavy atom. The van der Waals surface area contributed by atoms with Crippen molar-refractivity contribution in [1.29, 1.82) is 0 Å². The third-order valence-corrected chi connectivity index (χ3v) is 4.78. The second kappa shape index (κ2) is 9.73. The number of benzene rings is 2. The van der Waals surface area contributed by atoms with Crippen molar-refractivity contribution < 1.29 is 14.0 Å². The van der Waals surface area contributed by atoms with Crippen LogP contribution in [0.15, 0.2) is 67.0 Å². The van der Waals surface area contributed by atoms with E-state index in [1.54, 1.807) is 30.5 Å². The van der Waals surface area contributed by atoms with Gasteiger partial charge in [-0.2, -0.15) is 0 Å². The SMILES string of the molecule is Nc1cc(F)ccc1CC(=O)c1ccc(CC(=O)CCCc2cccnc2)cc1.